The second-order valence-corrected chi connectivity index (χ2v) is 6.12. The van der Waals surface area contributed by atoms with Crippen LogP contribution in [0.3, 0.4) is 0 Å². The van der Waals surface area contributed by atoms with Crippen molar-refractivity contribution < 1.29 is 28.5 Å². The molecule has 154 valence electrons. The molecule has 0 unspecified atom stereocenters. The zero-order valence-electron chi connectivity index (χ0n) is 16.1. The Hall–Kier alpha value is -2.42. The Morgan fingerprint density at radius 3 is 2.43 bits per heavy atom. The summed E-state index contributed by atoms with van der Waals surface area (Å²) in [6.45, 7) is 5.76. The molecule has 2 N–H and O–H groups in total. The molecule has 0 saturated heterocycles. The number of fused-ring (bicyclic) bond motifs is 1. The predicted octanol–water partition coefficient (Wildman–Crippen LogP) is 2.08. The van der Waals surface area contributed by atoms with Crippen LogP contribution in [0.5, 0.6) is 5.75 Å². The molecule has 28 heavy (non-hydrogen) atoms. The third-order valence-corrected chi connectivity index (χ3v) is 3.81. The van der Waals surface area contributed by atoms with E-state index in [4.69, 9.17) is 18.6 Å². The van der Waals surface area contributed by atoms with Crippen LogP contribution in [-0.4, -0.2) is 57.2 Å². The van der Waals surface area contributed by atoms with E-state index >= 15 is 0 Å². The molecule has 1 aromatic carbocycles. The van der Waals surface area contributed by atoms with Crippen molar-refractivity contribution in [2.75, 3.05) is 46.2 Å². The minimum absolute atomic E-state index is 0.0110. The van der Waals surface area contributed by atoms with E-state index in [0.717, 1.165) is 13.0 Å². The molecule has 0 aliphatic heterocycles. The topological polar surface area (TPSA) is 107 Å². The highest BCUT2D eigenvalue weighted by atomic mass is 16.5. The zero-order valence-corrected chi connectivity index (χ0v) is 16.1. The summed E-state index contributed by atoms with van der Waals surface area (Å²) in [7, 11) is 0. The van der Waals surface area contributed by atoms with Gasteiger partial charge in [-0.15, -0.1) is 0 Å². The molecule has 1 aromatic heterocycles. The Morgan fingerprint density at radius 2 is 1.71 bits per heavy atom. The van der Waals surface area contributed by atoms with Crippen molar-refractivity contribution in [1.82, 2.24) is 5.32 Å². The van der Waals surface area contributed by atoms with E-state index in [1.165, 1.54) is 18.2 Å². The first-order chi connectivity index (χ1) is 13.6. The molecule has 2 aromatic rings. The lowest BCUT2D eigenvalue weighted by Gasteiger charge is -2.07. The number of carbonyl (C=O) groups excluding carboxylic acids is 1. The average molecular weight is 393 g/mol. The number of phenolic OH excluding ortho intramolecular Hbond substituents is 1. The van der Waals surface area contributed by atoms with Gasteiger partial charge < -0.3 is 29.1 Å². The molecule has 1 heterocycles. The van der Waals surface area contributed by atoms with Gasteiger partial charge in [0.15, 0.2) is 0 Å². The van der Waals surface area contributed by atoms with Crippen molar-refractivity contribution in [3.63, 3.8) is 0 Å². The summed E-state index contributed by atoms with van der Waals surface area (Å²) in [4.78, 5) is 24.1. The first-order valence-electron chi connectivity index (χ1n) is 9.40. The van der Waals surface area contributed by atoms with Crippen molar-refractivity contribution in [3.8, 4) is 5.75 Å². The van der Waals surface area contributed by atoms with Gasteiger partial charge in [-0.3, -0.25) is 4.79 Å². The molecule has 0 bridgehead atoms. The predicted molar refractivity (Wildman–Crippen MR) is 104 cm³/mol. The van der Waals surface area contributed by atoms with Crippen LogP contribution in [0.2, 0.25) is 0 Å². The number of phenols is 1. The maximum atomic E-state index is 12.2. The van der Waals surface area contributed by atoms with Gasteiger partial charge in [0.2, 0.25) is 0 Å². The van der Waals surface area contributed by atoms with E-state index in [-0.39, 0.29) is 16.9 Å². The normalized spacial score (nSPS) is 11.0. The second-order valence-electron chi connectivity index (χ2n) is 6.12. The highest BCUT2D eigenvalue weighted by Gasteiger charge is 2.13. The van der Waals surface area contributed by atoms with Gasteiger partial charge in [0.05, 0.1) is 26.4 Å². The fourth-order valence-electron chi connectivity index (χ4n) is 2.42. The molecule has 0 aliphatic rings. The lowest BCUT2D eigenvalue weighted by Crippen LogP contribution is -2.29. The molecule has 0 aliphatic carbocycles. The molecule has 8 nitrogen and oxygen atoms in total. The summed E-state index contributed by atoms with van der Waals surface area (Å²) < 4.78 is 21.2. The van der Waals surface area contributed by atoms with Gasteiger partial charge in [0.1, 0.15) is 16.9 Å². The summed E-state index contributed by atoms with van der Waals surface area (Å²) in [5.74, 6) is -0.512. The fraction of sp³-hybridized carbons (Fsp3) is 0.500. The first kappa shape index (κ1) is 21.9. The molecule has 0 atom stereocenters. The van der Waals surface area contributed by atoms with Crippen LogP contribution in [0.25, 0.3) is 11.0 Å². The number of ether oxygens (including phenoxy) is 3. The molecule has 1 amide bonds. The van der Waals surface area contributed by atoms with Crippen LogP contribution >= 0.6 is 0 Å². The van der Waals surface area contributed by atoms with Gasteiger partial charge in [-0.25, -0.2) is 4.79 Å². The number of carbonyl (C=O) groups is 1. The lowest BCUT2D eigenvalue weighted by atomic mass is 10.1. The molecule has 0 spiro atoms. The van der Waals surface area contributed by atoms with Crippen molar-refractivity contribution in [1.29, 1.82) is 0 Å². The van der Waals surface area contributed by atoms with Gasteiger partial charge in [0, 0.05) is 31.2 Å². The SMILES string of the molecule is CCCOCCOCCOCCCNC(=O)c1cc2ccc(O)cc2oc1=O. The van der Waals surface area contributed by atoms with Crippen LogP contribution < -0.4 is 10.9 Å². The Kier molecular flexibility index (Phi) is 9.47. The Labute approximate surface area is 163 Å². The summed E-state index contributed by atoms with van der Waals surface area (Å²) in [6, 6.07) is 5.82. The number of benzene rings is 1. The maximum Gasteiger partial charge on any atom is 0.349 e. The van der Waals surface area contributed by atoms with Crippen LogP contribution in [0.1, 0.15) is 30.1 Å². The summed E-state index contributed by atoms with van der Waals surface area (Å²) in [5, 5.41) is 12.6. The van der Waals surface area contributed by atoms with E-state index in [0.29, 0.717) is 51.4 Å². The zero-order chi connectivity index (χ0) is 20.2. The van der Waals surface area contributed by atoms with E-state index in [2.05, 4.69) is 12.2 Å². The number of nitrogens with one attached hydrogen (secondary N) is 1. The maximum absolute atomic E-state index is 12.2. The summed E-state index contributed by atoms with van der Waals surface area (Å²) >= 11 is 0. The minimum atomic E-state index is -0.744. The summed E-state index contributed by atoms with van der Waals surface area (Å²) in [5.41, 5.74) is -0.584. The van der Waals surface area contributed by atoms with E-state index < -0.39 is 11.5 Å². The highest BCUT2D eigenvalue weighted by Crippen LogP contribution is 2.19. The van der Waals surface area contributed by atoms with Crippen molar-refractivity contribution in [2.24, 2.45) is 0 Å². The third kappa shape index (κ3) is 7.30. The minimum Gasteiger partial charge on any atom is -0.508 e. The standard InChI is InChI=1S/C20H27NO7/c1-2-7-25-9-11-27-12-10-26-8-3-6-21-19(23)17-13-15-4-5-16(22)14-18(15)28-20(17)24/h4-5,13-14,22H,2-3,6-12H2,1H3,(H,21,23). The molecular formula is C20H27NO7. The van der Waals surface area contributed by atoms with E-state index in [1.807, 2.05) is 0 Å². The molecule has 8 heteroatoms. The first-order valence-corrected chi connectivity index (χ1v) is 9.40. The van der Waals surface area contributed by atoms with Crippen molar-refractivity contribution >= 4 is 16.9 Å². The average Bonchev–Trinajstić information content (AvgIpc) is 2.68. The fourth-order valence-corrected chi connectivity index (χ4v) is 2.42. The molecule has 0 fully saturated rings. The van der Waals surface area contributed by atoms with Gasteiger partial charge in [0.25, 0.3) is 5.91 Å². The van der Waals surface area contributed by atoms with Gasteiger partial charge >= 0.3 is 5.63 Å². The number of rotatable bonds is 13. The number of aromatic hydroxyl groups is 1. The Morgan fingerprint density at radius 1 is 1.04 bits per heavy atom. The van der Waals surface area contributed by atoms with Gasteiger partial charge in [-0.2, -0.15) is 0 Å². The van der Waals surface area contributed by atoms with Crippen LogP contribution in [0.15, 0.2) is 33.5 Å². The van der Waals surface area contributed by atoms with Crippen LogP contribution in [0.4, 0.5) is 0 Å². The number of amides is 1. The van der Waals surface area contributed by atoms with Crippen molar-refractivity contribution in [3.05, 3.63) is 40.2 Å². The summed E-state index contributed by atoms with van der Waals surface area (Å²) in [6.07, 6.45) is 1.61. The molecule has 0 saturated carbocycles. The largest absolute Gasteiger partial charge is 0.508 e. The lowest BCUT2D eigenvalue weighted by molar-refractivity contribution is 0.0143. The second kappa shape index (κ2) is 12.1. The molecule has 0 radical (unpaired) electrons. The Bertz CT molecular complexity index is 803. The van der Waals surface area contributed by atoms with Gasteiger partial charge in [-0.05, 0) is 31.0 Å². The third-order valence-electron chi connectivity index (χ3n) is 3.81. The van der Waals surface area contributed by atoms with E-state index in [9.17, 15) is 14.7 Å². The number of hydrogen-bond donors (Lipinski definition) is 2. The smallest absolute Gasteiger partial charge is 0.349 e. The van der Waals surface area contributed by atoms with Crippen LogP contribution in [-0.2, 0) is 14.2 Å². The molecule has 2 rings (SSSR count). The monoisotopic (exact) mass is 393 g/mol. The number of hydrogen-bond acceptors (Lipinski definition) is 7. The van der Waals surface area contributed by atoms with Crippen molar-refractivity contribution in [2.45, 2.75) is 19.8 Å². The Balaban J connectivity index is 1.61. The highest BCUT2D eigenvalue weighted by molar-refractivity contribution is 5.96. The van der Waals surface area contributed by atoms with Crippen LogP contribution in [0, 0.1) is 0 Å². The molecular weight excluding hydrogens is 366 g/mol. The van der Waals surface area contributed by atoms with Gasteiger partial charge in [-0.1, -0.05) is 6.92 Å². The quantitative estimate of drug-likeness (QED) is 0.396. The van der Waals surface area contributed by atoms with E-state index in [1.54, 1.807) is 6.07 Å².